The van der Waals surface area contributed by atoms with Crippen LogP contribution in [-0.2, 0) is 11.8 Å². The van der Waals surface area contributed by atoms with E-state index in [1.165, 1.54) is 83.3 Å². The Morgan fingerprint density at radius 1 is 0.431 bits per heavy atom. The zero-order chi connectivity index (χ0) is 43.5. The number of para-hydroxylation sites is 1. The summed E-state index contributed by atoms with van der Waals surface area (Å²) < 4.78 is 6.88. The van der Waals surface area contributed by atoms with Gasteiger partial charge in [-0.15, -0.1) is 0 Å². The van der Waals surface area contributed by atoms with Gasteiger partial charge in [0.25, 0.3) is 0 Å². The highest BCUT2D eigenvalue weighted by Gasteiger charge is 2.52. The molecule has 0 unspecified atom stereocenters. The Kier molecular flexibility index (Phi) is 9.35. The van der Waals surface area contributed by atoms with E-state index < -0.39 is 5.41 Å². The zero-order valence-electron chi connectivity index (χ0n) is 36.6. The van der Waals surface area contributed by atoms with E-state index in [0.717, 1.165) is 46.8 Å². The van der Waals surface area contributed by atoms with Gasteiger partial charge in [0.05, 0.1) is 5.41 Å². The molecule has 12 rings (SSSR count). The lowest BCUT2D eigenvalue weighted by atomic mass is 9.70. The predicted molar refractivity (Wildman–Crippen MR) is 272 cm³/mol. The Morgan fingerprint density at radius 2 is 0.938 bits per heavy atom. The van der Waals surface area contributed by atoms with Crippen LogP contribution in [0.4, 0.5) is 17.1 Å². The predicted octanol–water partition coefficient (Wildman–Crippen LogP) is 17.2. The molecule has 1 spiro atoms. The molecule has 2 nitrogen and oxygen atoms in total. The third kappa shape index (κ3) is 6.01. The van der Waals surface area contributed by atoms with Crippen molar-refractivity contribution in [3.8, 4) is 55.6 Å². The van der Waals surface area contributed by atoms with Crippen LogP contribution in [0.25, 0.3) is 72.7 Å². The number of allylic oxidation sites excluding steroid dienone is 1. The van der Waals surface area contributed by atoms with Crippen molar-refractivity contribution in [2.45, 2.75) is 32.1 Å². The highest BCUT2D eigenvalue weighted by Crippen LogP contribution is 2.65. The highest BCUT2D eigenvalue weighted by atomic mass is 16.3. The van der Waals surface area contributed by atoms with Crippen LogP contribution >= 0.6 is 0 Å². The second kappa shape index (κ2) is 15.7. The summed E-state index contributed by atoms with van der Waals surface area (Å²) in [4.78, 5) is 2.43. The van der Waals surface area contributed by atoms with Gasteiger partial charge in [-0.3, -0.25) is 0 Å². The minimum atomic E-state index is -0.551. The number of nitrogens with zero attached hydrogens (tertiary/aromatic N) is 1. The lowest BCUT2D eigenvalue weighted by molar-refractivity contribution is 0.600. The molecule has 1 aromatic heterocycles. The van der Waals surface area contributed by atoms with E-state index in [1.807, 2.05) is 0 Å². The van der Waals surface area contributed by atoms with Gasteiger partial charge in [0.1, 0.15) is 11.3 Å². The van der Waals surface area contributed by atoms with Crippen LogP contribution in [0, 0.1) is 0 Å². The molecule has 1 heterocycles. The molecular weight excluding hydrogens is 787 g/mol. The standard InChI is InChI=1S/C63H47NO/c1-3-5-30-60-49(4-2)53-25-16-26-54(62(53)65-60)52-24-17-29-58-61(52)55-40-39-48(41-59(55)63(58)56-27-14-12-22-50(56)51-23-13-15-28-57(51)63)64(46-35-31-44(32-36-46)42-18-8-6-9-19-42)47-37-33-45(34-38-47)43-20-10-7-11-21-43/h5-41H,3-4H2,1-2H3/b30-5-. The average molecular weight is 834 g/mol. The van der Waals surface area contributed by atoms with Crippen LogP contribution in [0.1, 0.15) is 53.8 Å². The largest absolute Gasteiger partial charge is 0.456 e. The Hall–Kier alpha value is -7.94. The fourth-order valence-electron chi connectivity index (χ4n) is 11.0. The first-order chi connectivity index (χ1) is 32.2. The smallest absolute Gasteiger partial charge is 0.142 e. The molecular formula is C63H47NO. The number of hydrogen-bond donors (Lipinski definition) is 0. The summed E-state index contributed by atoms with van der Waals surface area (Å²) in [5.41, 5.74) is 22.4. The summed E-state index contributed by atoms with van der Waals surface area (Å²) in [6.07, 6.45) is 6.21. The van der Waals surface area contributed by atoms with Gasteiger partial charge in [-0.05, 0) is 128 Å². The Balaban J connectivity index is 1.11. The van der Waals surface area contributed by atoms with E-state index in [2.05, 4.69) is 243 Å². The van der Waals surface area contributed by atoms with Gasteiger partial charge in [0.15, 0.2) is 0 Å². The van der Waals surface area contributed by atoms with Gasteiger partial charge < -0.3 is 9.32 Å². The molecule has 0 amide bonds. The summed E-state index contributed by atoms with van der Waals surface area (Å²) in [5.74, 6) is 0.957. The molecule has 310 valence electrons. The maximum atomic E-state index is 6.88. The molecule has 0 saturated carbocycles. The van der Waals surface area contributed by atoms with Crippen molar-refractivity contribution >= 4 is 34.1 Å². The van der Waals surface area contributed by atoms with Gasteiger partial charge in [-0.1, -0.05) is 196 Å². The Morgan fingerprint density at radius 3 is 1.54 bits per heavy atom. The molecule has 2 heteroatoms. The first-order valence-corrected chi connectivity index (χ1v) is 23.0. The molecule has 9 aromatic carbocycles. The summed E-state index contributed by atoms with van der Waals surface area (Å²) in [5, 5.41) is 1.19. The first-order valence-electron chi connectivity index (χ1n) is 23.0. The molecule has 0 saturated heterocycles. The van der Waals surface area contributed by atoms with Crippen LogP contribution in [0.3, 0.4) is 0 Å². The Labute approximate surface area is 381 Å². The summed E-state index contributed by atoms with van der Waals surface area (Å²) in [6.45, 7) is 4.40. The van der Waals surface area contributed by atoms with E-state index in [9.17, 15) is 0 Å². The monoisotopic (exact) mass is 833 g/mol. The second-order valence-corrected chi connectivity index (χ2v) is 17.3. The number of fused-ring (bicyclic) bond motifs is 11. The third-order valence-electron chi connectivity index (χ3n) is 13.8. The number of aryl methyl sites for hydroxylation is 1. The maximum Gasteiger partial charge on any atom is 0.142 e. The first kappa shape index (κ1) is 38.7. The zero-order valence-corrected chi connectivity index (χ0v) is 36.6. The highest BCUT2D eigenvalue weighted by molar-refractivity contribution is 6.05. The normalized spacial score (nSPS) is 13.0. The van der Waals surface area contributed by atoms with Gasteiger partial charge in [0.2, 0.25) is 0 Å². The molecule has 0 aliphatic heterocycles. The van der Waals surface area contributed by atoms with Gasteiger partial charge in [-0.2, -0.15) is 0 Å². The molecule has 0 fully saturated rings. The maximum absolute atomic E-state index is 6.88. The molecule has 0 radical (unpaired) electrons. The van der Waals surface area contributed by atoms with Gasteiger partial charge in [0, 0.05) is 33.6 Å². The molecule has 2 aliphatic rings. The van der Waals surface area contributed by atoms with E-state index in [-0.39, 0.29) is 0 Å². The molecule has 10 aromatic rings. The number of furan rings is 1. The van der Waals surface area contributed by atoms with Crippen molar-refractivity contribution in [1.82, 2.24) is 0 Å². The van der Waals surface area contributed by atoms with Crippen LogP contribution in [-0.4, -0.2) is 0 Å². The summed E-state index contributed by atoms with van der Waals surface area (Å²) in [6, 6.07) is 78.3. The molecule has 65 heavy (non-hydrogen) atoms. The molecule has 0 atom stereocenters. The number of benzene rings is 9. The van der Waals surface area contributed by atoms with E-state index >= 15 is 0 Å². The fourth-order valence-corrected chi connectivity index (χ4v) is 11.0. The number of hydrogen-bond acceptors (Lipinski definition) is 2. The van der Waals surface area contributed by atoms with Crippen molar-refractivity contribution in [3.05, 3.63) is 252 Å². The van der Waals surface area contributed by atoms with Crippen LogP contribution in [0.2, 0.25) is 0 Å². The van der Waals surface area contributed by atoms with Crippen molar-refractivity contribution in [2.24, 2.45) is 0 Å². The molecule has 0 N–H and O–H groups in total. The quantitative estimate of drug-likeness (QED) is 0.144. The fraction of sp³-hybridized carbons (Fsp3) is 0.0794. The second-order valence-electron chi connectivity index (χ2n) is 17.3. The topological polar surface area (TPSA) is 16.4 Å². The third-order valence-corrected chi connectivity index (χ3v) is 13.8. The van der Waals surface area contributed by atoms with Gasteiger partial charge in [-0.25, -0.2) is 0 Å². The van der Waals surface area contributed by atoms with Crippen molar-refractivity contribution in [2.75, 3.05) is 4.90 Å². The lowest BCUT2D eigenvalue weighted by Crippen LogP contribution is -2.26. The van der Waals surface area contributed by atoms with E-state index in [1.54, 1.807) is 0 Å². The summed E-state index contributed by atoms with van der Waals surface area (Å²) >= 11 is 0. The summed E-state index contributed by atoms with van der Waals surface area (Å²) in [7, 11) is 0. The van der Waals surface area contributed by atoms with E-state index in [4.69, 9.17) is 4.42 Å². The van der Waals surface area contributed by atoms with Crippen LogP contribution < -0.4 is 4.90 Å². The van der Waals surface area contributed by atoms with Gasteiger partial charge >= 0.3 is 0 Å². The molecule has 2 aliphatic carbocycles. The van der Waals surface area contributed by atoms with Crippen molar-refractivity contribution in [1.29, 1.82) is 0 Å². The van der Waals surface area contributed by atoms with Crippen molar-refractivity contribution in [3.63, 3.8) is 0 Å². The number of anilines is 3. The van der Waals surface area contributed by atoms with E-state index in [0.29, 0.717) is 0 Å². The lowest BCUT2D eigenvalue weighted by Gasteiger charge is -2.32. The minimum absolute atomic E-state index is 0.551. The minimum Gasteiger partial charge on any atom is -0.456 e. The Bertz CT molecular complexity index is 3300. The molecule has 0 bridgehead atoms. The average Bonchev–Trinajstić information content (AvgIpc) is 4.00. The SMILES string of the molecule is CC/C=C\c1oc2c(-c3cccc4c3-c3ccc(N(c5ccc(-c6ccccc6)cc5)c5ccc(-c6ccccc6)cc5)cc3C43c4ccccc4-c4ccccc43)cccc2c1CC. The van der Waals surface area contributed by atoms with Crippen LogP contribution in [0.5, 0.6) is 0 Å². The van der Waals surface area contributed by atoms with Crippen LogP contribution in [0.15, 0.2) is 223 Å². The van der Waals surface area contributed by atoms with Crippen molar-refractivity contribution < 1.29 is 4.42 Å². The number of rotatable bonds is 9.